The molecule has 0 aliphatic rings. The Kier molecular flexibility index (Phi) is 6.50. The third-order valence-corrected chi connectivity index (χ3v) is 4.72. The van der Waals surface area contributed by atoms with Crippen LogP contribution in [0.3, 0.4) is 0 Å². The highest BCUT2D eigenvalue weighted by atomic mass is 35.5. The average Bonchev–Trinajstić information content (AvgIpc) is 3.25. The number of carbonyl (C=O) groups excluding carboxylic acids is 1. The van der Waals surface area contributed by atoms with Crippen LogP contribution in [-0.4, -0.2) is 15.6 Å². The normalized spacial score (nSPS) is 11.3. The summed E-state index contributed by atoms with van der Waals surface area (Å²) in [4.78, 5) is 12.3. The van der Waals surface area contributed by atoms with Gasteiger partial charge >= 0.3 is 0 Å². The molecule has 3 aromatic rings. The van der Waals surface area contributed by atoms with E-state index in [1.54, 1.807) is 41.2 Å². The van der Waals surface area contributed by atoms with E-state index in [4.69, 9.17) is 44.0 Å². The summed E-state index contributed by atoms with van der Waals surface area (Å²) in [7, 11) is 0. The highest BCUT2D eigenvalue weighted by Crippen LogP contribution is 2.36. The Morgan fingerprint density at radius 1 is 1.25 bits per heavy atom. The average molecular weight is 440 g/mol. The quantitative estimate of drug-likeness (QED) is 0.323. The lowest BCUT2D eigenvalue weighted by Gasteiger charge is -2.08. The molecule has 2 aromatic heterocycles. The zero-order valence-corrected chi connectivity index (χ0v) is 17.5. The van der Waals surface area contributed by atoms with Crippen LogP contribution in [0.5, 0.6) is 5.75 Å². The number of aryl methyl sites for hydroxylation is 2. The van der Waals surface area contributed by atoms with Crippen molar-refractivity contribution in [3.05, 3.63) is 74.4 Å². The molecule has 0 saturated carbocycles. The molecule has 1 aromatic carbocycles. The number of carbonyl (C=O) groups is 1. The van der Waals surface area contributed by atoms with Crippen molar-refractivity contribution in [2.75, 3.05) is 0 Å². The number of ether oxygens (including phenoxy) is 1. The van der Waals surface area contributed by atoms with E-state index < -0.39 is 0 Å². The van der Waals surface area contributed by atoms with Crippen LogP contribution in [0.15, 0.2) is 41.0 Å². The number of aromatic nitrogens is 2. The van der Waals surface area contributed by atoms with Crippen molar-refractivity contribution >= 4 is 46.7 Å². The zero-order chi connectivity index (χ0) is 20.3. The Balaban J connectivity index is 1.65. The maximum Gasteiger partial charge on any atom is 0.189 e. The molecule has 2 heterocycles. The minimum atomic E-state index is -0.133. The van der Waals surface area contributed by atoms with Gasteiger partial charge in [-0.2, -0.15) is 5.10 Å². The van der Waals surface area contributed by atoms with Crippen molar-refractivity contribution in [1.82, 2.24) is 9.78 Å². The SMILES string of the molecule is CCn1cc(C(=O)/C=C/c2ccc(COc3c(Cl)cc(Cl)cc3Cl)o2)c(C)n1. The molecule has 146 valence electrons. The molecular formula is C20H17Cl3N2O3. The van der Waals surface area contributed by atoms with Crippen LogP contribution in [-0.2, 0) is 13.2 Å². The molecule has 3 rings (SSSR count). The fraction of sp³-hybridized carbons (Fsp3) is 0.200. The van der Waals surface area contributed by atoms with Crippen LogP contribution in [0.4, 0.5) is 0 Å². The molecule has 5 nitrogen and oxygen atoms in total. The summed E-state index contributed by atoms with van der Waals surface area (Å²) < 4.78 is 13.0. The van der Waals surface area contributed by atoms with Gasteiger partial charge < -0.3 is 9.15 Å². The van der Waals surface area contributed by atoms with Crippen LogP contribution in [0.1, 0.15) is 34.5 Å². The third-order valence-electron chi connectivity index (χ3n) is 3.94. The van der Waals surface area contributed by atoms with Gasteiger partial charge in [0.1, 0.15) is 18.1 Å². The van der Waals surface area contributed by atoms with Crippen LogP contribution in [0, 0.1) is 6.92 Å². The van der Waals surface area contributed by atoms with E-state index in [0.717, 1.165) is 0 Å². The highest BCUT2D eigenvalue weighted by Gasteiger charge is 2.12. The number of nitrogens with zero attached hydrogens (tertiary/aromatic N) is 2. The van der Waals surface area contributed by atoms with Crippen molar-refractivity contribution in [2.45, 2.75) is 27.0 Å². The zero-order valence-electron chi connectivity index (χ0n) is 15.2. The van der Waals surface area contributed by atoms with Gasteiger partial charge in [0, 0.05) is 17.8 Å². The van der Waals surface area contributed by atoms with E-state index in [1.807, 2.05) is 13.8 Å². The summed E-state index contributed by atoms with van der Waals surface area (Å²) in [6, 6.07) is 6.60. The fourth-order valence-corrected chi connectivity index (χ4v) is 3.47. The number of hydrogen-bond donors (Lipinski definition) is 0. The second-order valence-electron chi connectivity index (χ2n) is 5.97. The molecule has 0 amide bonds. The lowest BCUT2D eigenvalue weighted by molar-refractivity contribution is 0.104. The molecule has 8 heteroatoms. The largest absolute Gasteiger partial charge is 0.483 e. The number of ketones is 1. The number of halogens is 3. The Morgan fingerprint density at radius 2 is 1.96 bits per heavy atom. The monoisotopic (exact) mass is 438 g/mol. The van der Waals surface area contributed by atoms with Gasteiger partial charge in [0.2, 0.25) is 0 Å². The number of rotatable bonds is 7. The highest BCUT2D eigenvalue weighted by molar-refractivity contribution is 6.40. The van der Waals surface area contributed by atoms with E-state index in [1.165, 1.54) is 6.08 Å². The molecule has 0 aliphatic carbocycles. The van der Waals surface area contributed by atoms with Gasteiger partial charge in [0.25, 0.3) is 0 Å². The summed E-state index contributed by atoms with van der Waals surface area (Å²) in [5, 5.41) is 5.34. The van der Waals surface area contributed by atoms with E-state index in [-0.39, 0.29) is 12.4 Å². The lowest BCUT2D eigenvalue weighted by atomic mass is 10.1. The van der Waals surface area contributed by atoms with Crippen LogP contribution < -0.4 is 4.74 Å². The number of benzene rings is 1. The minimum absolute atomic E-state index is 0.130. The Morgan fingerprint density at radius 3 is 2.61 bits per heavy atom. The van der Waals surface area contributed by atoms with Gasteiger partial charge in [0.15, 0.2) is 11.5 Å². The van der Waals surface area contributed by atoms with Gasteiger partial charge in [0.05, 0.1) is 21.3 Å². The fourth-order valence-electron chi connectivity index (χ4n) is 2.54. The maximum atomic E-state index is 12.3. The van der Waals surface area contributed by atoms with Crippen LogP contribution in [0.25, 0.3) is 6.08 Å². The summed E-state index contributed by atoms with van der Waals surface area (Å²) in [5.74, 6) is 1.29. The van der Waals surface area contributed by atoms with Crippen molar-refractivity contribution in [3.8, 4) is 5.75 Å². The van der Waals surface area contributed by atoms with E-state index >= 15 is 0 Å². The molecule has 0 fully saturated rings. The first-order valence-electron chi connectivity index (χ1n) is 8.50. The first kappa shape index (κ1) is 20.5. The Labute approximate surface area is 177 Å². The van der Waals surface area contributed by atoms with E-state index in [0.29, 0.717) is 50.1 Å². The lowest BCUT2D eigenvalue weighted by Crippen LogP contribution is -1.95. The second kappa shape index (κ2) is 8.86. The number of allylic oxidation sites excluding steroid dienone is 1. The molecule has 0 aliphatic heterocycles. The van der Waals surface area contributed by atoms with Crippen molar-refractivity contribution in [2.24, 2.45) is 0 Å². The predicted molar refractivity (Wildman–Crippen MR) is 111 cm³/mol. The molecule has 0 spiro atoms. The van der Waals surface area contributed by atoms with Crippen LogP contribution in [0.2, 0.25) is 15.1 Å². The molecule has 0 N–H and O–H groups in total. The second-order valence-corrected chi connectivity index (χ2v) is 7.22. The summed E-state index contributed by atoms with van der Waals surface area (Å²) in [6.45, 7) is 4.61. The summed E-state index contributed by atoms with van der Waals surface area (Å²) in [6.07, 6.45) is 4.81. The first-order valence-corrected chi connectivity index (χ1v) is 9.63. The molecule has 0 unspecified atom stereocenters. The minimum Gasteiger partial charge on any atom is -0.483 e. The van der Waals surface area contributed by atoms with Gasteiger partial charge in [-0.15, -0.1) is 0 Å². The maximum absolute atomic E-state index is 12.3. The third kappa shape index (κ3) is 4.79. The number of furan rings is 1. The van der Waals surface area contributed by atoms with E-state index in [9.17, 15) is 4.79 Å². The number of hydrogen-bond acceptors (Lipinski definition) is 4. The smallest absolute Gasteiger partial charge is 0.189 e. The summed E-state index contributed by atoms with van der Waals surface area (Å²) >= 11 is 18.1. The van der Waals surface area contributed by atoms with Crippen molar-refractivity contribution in [1.29, 1.82) is 0 Å². The molecule has 28 heavy (non-hydrogen) atoms. The van der Waals surface area contributed by atoms with Gasteiger partial charge in [-0.3, -0.25) is 9.48 Å². The van der Waals surface area contributed by atoms with E-state index in [2.05, 4.69) is 5.10 Å². The molecule has 0 saturated heterocycles. The van der Waals surface area contributed by atoms with Gasteiger partial charge in [-0.25, -0.2) is 0 Å². The first-order chi connectivity index (χ1) is 13.4. The van der Waals surface area contributed by atoms with Crippen LogP contribution >= 0.6 is 34.8 Å². The van der Waals surface area contributed by atoms with Crippen molar-refractivity contribution in [3.63, 3.8) is 0 Å². The van der Waals surface area contributed by atoms with Gasteiger partial charge in [-0.05, 0) is 50.3 Å². The summed E-state index contributed by atoms with van der Waals surface area (Å²) in [5.41, 5.74) is 1.27. The molecule has 0 radical (unpaired) electrons. The van der Waals surface area contributed by atoms with Crippen molar-refractivity contribution < 1.29 is 13.9 Å². The predicted octanol–water partition coefficient (Wildman–Crippen LogP) is 6.24. The Bertz CT molecular complexity index is 1010. The standard InChI is InChI=1S/C20H17Cl3N2O3/c1-3-25-10-16(12(2)24-25)19(26)7-6-14-4-5-15(28-14)11-27-20-17(22)8-13(21)9-18(20)23/h4-10H,3,11H2,1-2H3/b7-6+. The van der Waals surface area contributed by atoms with Gasteiger partial charge in [-0.1, -0.05) is 34.8 Å². The topological polar surface area (TPSA) is 57.3 Å². The molecule has 0 bridgehead atoms. The molecular weight excluding hydrogens is 423 g/mol. The Hall–Kier alpha value is -2.21. The molecule has 0 atom stereocenters.